The van der Waals surface area contributed by atoms with Gasteiger partial charge in [-0.3, -0.25) is 4.79 Å². The van der Waals surface area contributed by atoms with Gasteiger partial charge >= 0.3 is 0 Å². The maximum absolute atomic E-state index is 12.2. The van der Waals surface area contributed by atoms with E-state index < -0.39 is 5.91 Å². The van der Waals surface area contributed by atoms with Crippen LogP contribution in [-0.2, 0) is 0 Å². The molecule has 0 saturated heterocycles. The quantitative estimate of drug-likeness (QED) is 0.603. The van der Waals surface area contributed by atoms with Gasteiger partial charge in [-0.05, 0) is 54.6 Å². The normalized spacial score (nSPS) is 10.6. The van der Waals surface area contributed by atoms with E-state index in [1.165, 1.54) is 0 Å². The molecule has 0 radical (unpaired) electrons. The lowest BCUT2D eigenvalue weighted by molar-refractivity contribution is 0.0997. The van der Waals surface area contributed by atoms with E-state index in [1.54, 1.807) is 42.5 Å². The maximum atomic E-state index is 12.2. The second-order valence-electron chi connectivity index (χ2n) is 4.75. The number of anilines is 1. The molecule has 116 valence electrons. The average Bonchev–Trinajstić information content (AvgIpc) is 3.02. The van der Waals surface area contributed by atoms with Crippen molar-refractivity contribution >= 4 is 46.4 Å². The van der Waals surface area contributed by atoms with Crippen LogP contribution in [0.4, 0.5) is 5.69 Å². The summed E-state index contributed by atoms with van der Waals surface area (Å²) in [5.74, 6) is 0.337. The van der Waals surface area contributed by atoms with E-state index in [1.807, 2.05) is 12.1 Å². The monoisotopic (exact) mass is 365 g/mol. The molecule has 0 aliphatic rings. The molecule has 2 aromatic carbocycles. The Morgan fingerprint density at radius 2 is 1.57 bits per heavy atom. The van der Waals surface area contributed by atoms with Crippen LogP contribution in [0.2, 0.25) is 15.1 Å². The van der Waals surface area contributed by atoms with Gasteiger partial charge in [-0.1, -0.05) is 34.8 Å². The van der Waals surface area contributed by atoms with E-state index >= 15 is 0 Å². The summed E-state index contributed by atoms with van der Waals surface area (Å²) >= 11 is 17.8. The largest absolute Gasteiger partial charge is 0.451 e. The summed E-state index contributed by atoms with van der Waals surface area (Å²) in [5, 5.41) is 4.18. The average molecular weight is 367 g/mol. The highest BCUT2D eigenvalue weighted by molar-refractivity contribution is 6.35. The third kappa shape index (κ3) is 3.70. The Hall–Kier alpha value is -1.94. The summed E-state index contributed by atoms with van der Waals surface area (Å²) in [6, 6.07) is 15.3. The first-order chi connectivity index (χ1) is 11.0. The third-order valence-corrected chi connectivity index (χ3v) is 3.95. The van der Waals surface area contributed by atoms with E-state index in [9.17, 15) is 4.79 Å². The second-order valence-corrected chi connectivity index (χ2v) is 6.03. The summed E-state index contributed by atoms with van der Waals surface area (Å²) in [6.07, 6.45) is 0. The Morgan fingerprint density at radius 1 is 0.870 bits per heavy atom. The van der Waals surface area contributed by atoms with Crippen molar-refractivity contribution in [1.29, 1.82) is 0 Å². The molecule has 0 aliphatic carbocycles. The first kappa shape index (κ1) is 15.9. The predicted octanol–water partition coefficient (Wildman–Crippen LogP) is 6.16. The van der Waals surface area contributed by atoms with Crippen LogP contribution in [0, 0.1) is 0 Å². The predicted molar refractivity (Wildman–Crippen MR) is 93.6 cm³/mol. The zero-order valence-corrected chi connectivity index (χ0v) is 13.9. The number of benzene rings is 2. The van der Waals surface area contributed by atoms with Crippen LogP contribution in [0.15, 0.2) is 59.0 Å². The molecule has 3 nitrogen and oxygen atoms in total. The molecule has 0 spiro atoms. The summed E-state index contributed by atoms with van der Waals surface area (Å²) in [6.45, 7) is 0. The molecule has 3 rings (SSSR count). The Bertz CT molecular complexity index is 857. The molecule has 23 heavy (non-hydrogen) atoms. The lowest BCUT2D eigenvalue weighted by Crippen LogP contribution is -2.11. The van der Waals surface area contributed by atoms with Gasteiger partial charge in [-0.2, -0.15) is 0 Å². The molecule has 0 fully saturated rings. The summed E-state index contributed by atoms with van der Waals surface area (Å²) < 4.78 is 5.58. The Morgan fingerprint density at radius 3 is 2.30 bits per heavy atom. The molecule has 0 atom stereocenters. The van der Waals surface area contributed by atoms with E-state index in [-0.39, 0.29) is 5.76 Å². The van der Waals surface area contributed by atoms with Crippen LogP contribution >= 0.6 is 34.8 Å². The van der Waals surface area contributed by atoms with Crippen molar-refractivity contribution in [2.24, 2.45) is 0 Å². The van der Waals surface area contributed by atoms with Gasteiger partial charge < -0.3 is 9.73 Å². The summed E-state index contributed by atoms with van der Waals surface area (Å²) in [5.41, 5.74) is 1.25. The molecule has 1 N–H and O–H groups in total. The first-order valence-electron chi connectivity index (χ1n) is 6.65. The zero-order chi connectivity index (χ0) is 16.4. The van der Waals surface area contributed by atoms with Crippen molar-refractivity contribution in [2.45, 2.75) is 0 Å². The molecule has 0 saturated carbocycles. The van der Waals surface area contributed by atoms with E-state index in [0.29, 0.717) is 26.5 Å². The molecule has 1 heterocycles. The highest BCUT2D eigenvalue weighted by atomic mass is 35.5. The number of carbonyl (C=O) groups is 1. The first-order valence-corrected chi connectivity index (χ1v) is 7.78. The highest BCUT2D eigenvalue weighted by Gasteiger charge is 2.14. The van der Waals surface area contributed by atoms with Gasteiger partial charge in [0, 0.05) is 15.6 Å². The number of rotatable bonds is 3. The van der Waals surface area contributed by atoms with Crippen molar-refractivity contribution in [2.75, 3.05) is 5.32 Å². The fraction of sp³-hybridized carbons (Fsp3) is 0. The molecule has 3 aromatic rings. The van der Waals surface area contributed by atoms with Gasteiger partial charge in [0.15, 0.2) is 5.76 Å². The SMILES string of the molecule is O=C(Nc1cc(Cl)ccc1Cl)c1ccc(-c2ccc(Cl)cc2)o1. The van der Waals surface area contributed by atoms with Gasteiger partial charge in [0.05, 0.1) is 10.7 Å². The van der Waals surface area contributed by atoms with E-state index in [0.717, 1.165) is 5.56 Å². The molecule has 0 unspecified atom stereocenters. The fourth-order valence-electron chi connectivity index (χ4n) is 2.01. The van der Waals surface area contributed by atoms with Gasteiger partial charge in [0.2, 0.25) is 0 Å². The number of furan rings is 1. The topological polar surface area (TPSA) is 42.2 Å². The van der Waals surface area contributed by atoms with Crippen molar-refractivity contribution < 1.29 is 9.21 Å². The summed E-state index contributed by atoms with van der Waals surface area (Å²) in [7, 11) is 0. The number of hydrogen-bond donors (Lipinski definition) is 1. The number of hydrogen-bond acceptors (Lipinski definition) is 2. The van der Waals surface area contributed by atoms with Crippen LogP contribution in [0.1, 0.15) is 10.6 Å². The smallest absolute Gasteiger partial charge is 0.291 e. The maximum Gasteiger partial charge on any atom is 0.291 e. The van der Waals surface area contributed by atoms with Crippen LogP contribution in [0.25, 0.3) is 11.3 Å². The lowest BCUT2D eigenvalue weighted by atomic mass is 10.2. The van der Waals surface area contributed by atoms with E-state index in [2.05, 4.69) is 5.32 Å². The van der Waals surface area contributed by atoms with Crippen molar-refractivity contribution in [3.8, 4) is 11.3 Å². The Kier molecular flexibility index (Phi) is 4.62. The minimum atomic E-state index is -0.408. The van der Waals surface area contributed by atoms with Crippen molar-refractivity contribution in [3.63, 3.8) is 0 Å². The molecule has 0 bridgehead atoms. The molecular formula is C17H10Cl3NO2. The molecule has 1 amide bonds. The number of amides is 1. The van der Waals surface area contributed by atoms with Crippen molar-refractivity contribution in [3.05, 3.63) is 75.4 Å². The lowest BCUT2D eigenvalue weighted by Gasteiger charge is -2.06. The van der Waals surface area contributed by atoms with Gasteiger partial charge in [0.1, 0.15) is 5.76 Å². The second kappa shape index (κ2) is 6.67. The molecular weight excluding hydrogens is 357 g/mol. The number of carbonyl (C=O) groups excluding carboxylic acids is 1. The summed E-state index contributed by atoms with van der Waals surface area (Å²) in [4.78, 5) is 12.2. The fourth-order valence-corrected chi connectivity index (χ4v) is 2.47. The van der Waals surface area contributed by atoms with E-state index in [4.69, 9.17) is 39.2 Å². The van der Waals surface area contributed by atoms with Crippen LogP contribution in [0.3, 0.4) is 0 Å². The van der Waals surface area contributed by atoms with Crippen LogP contribution in [0.5, 0.6) is 0 Å². The van der Waals surface area contributed by atoms with Gasteiger partial charge in [-0.15, -0.1) is 0 Å². The van der Waals surface area contributed by atoms with Crippen molar-refractivity contribution in [1.82, 2.24) is 0 Å². The Balaban J connectivity index is 1.81. The standard InChI is InChI=1S/C17H10Cl3NO2/c18-11-3-1-10(2-4-11)15-7-8-16(23-15)17(22)21-14-9-12(19)5-6-13(14)20/h1-9H,(H,21,22). The van der Waals surface area contributed by atoms with Crippen LogP contribution < -0.4 is 5.32 Å². The highest BCUT2D eigenvalue weighted by Crippen LogP contribution is 2.27. The molecule has 0 aliphatic heterocycles. The molecule has 6 heteroatoms. The molecule has 1 aromatic heterocycles. The Labute approximate surface area is 147 Å². The van der Waals surface area contributed by atoms with Crippen LogP contribution in [-0.4, -0.2) is 5.91 Å². The third-order valence-electron chi connectivity index (χ3n) is 3.14. The number of nitrogens with one attached hydrogen (secondary N) is 1. The van der Waals surface area contributed by atoms with Gasteiger partial charge in [0.25, 0.3) is 5.91 Å². The number of halogens is 3. The van der Waals surface area contributed by atoms with Gasteiger partial charge in [-0.25, -0.2) is 0 Å². The zero-order valence-electron chi connectivity index (χ0n) is 11.6. The minimum absolute atomic E-state index is 0.172. The minimum Gasteiger partial charge on any atom is -0.451 e.